The van der Waals surface area contributed by atoms with Crippen molar-refractivity contribution in [3.63, 3.8) is 0 Å². The van der Waals surface area contributed by atoms with E-state index in [1.54, 1.807) is 0 Å². The average Bonchev–Trinajstić information content (AvgIpc) is 2.56. The molecule has 0 amide bonds. The topological polar surface area (TPSA) is 20.2 Å². The average molecular weight is 293 g/mol. The van der Waals surface area contributed by atoms with Gasteiger partial charge in [0.05, 0.1) is 10.4 Å². The molecule has 1 saturated carbocycles. The lowest BCUT2D eigenvalue weighted by Gasteiger charge is -2.24. The van der Waals surface area contributed by atoms with Gasteiger partial charge in [-0.05, 0) is 24.8 Å². The molecule has 1 heterocycles. The number of hydrogen-bond acceptors (Lipinski definition) is 2. The van der Waals surface area contributed by atoms with Gasteiger partial charge in [0.15, 0.2) is 0 Å². The number of aliphatic hydroxyl groups excluding tert-OH is 1. The quantitative estimate of drug-likeness (QED) is 0.768. The Kier molecular flexibility index (Phi) is 5.16. The summed E-state index contributed by atoms with van der Waals surface area (Å²) in [5, 5.41) is 10.4. The van der Waals surface area contributed by atoms with Gasteiger partial charge < -0.3 is 5.11 Å². The zero-order valence-corrected chi connectivity index (χ0v) is 12.1. The Morgan fingerprint density at radius 3 is 2.24 bits per heavy atom. The minimum atomic E-state index is -0.440. The number of rotatable bonds is 2. The van der Waals surface area contributed by atoms with Crippen LogP contribution in [-0.4, -0.2) is 5.11 Å². The summed E-state index contributed by atoms with van der Waals surface area (Å²) in [6.45, 7) is 0. The van der Waals surface area contributed by atoms with Gasteiger partial charge in [-0.3, -0.25) is 0 Å². The van der Waals surface area contributed by atoms with E-state index < -0.39 is 6.10 Å². The van der Waals surface area contributed by atoms with E-state index in [1.165, 1.54) is 43.4 Å². The second kappa shape index (κ2) is 6.42. The molecule has 1 aromatic rings. The van der Waals surface area contributed by atoms with Crippen LogP contribution in [-0.2, 0) is 0 Å². The molecule has 0 saturated heterocycles. The van der Waals surface area contributed by atoms with Gasteiger partial charge in [-0.2, -0.15) is 0 Å². The Labute approximate surface area is 117 Å². The SMILES string of the molecule is OC(c1cc(Cl)sc1Cl)C1CCCCCCC1. The fourth-order valence-electron chi connectivity index (χ4n) is 2.61. The van der Waals surface area contributed by atoms with E-state index in [1.807, 2.05) is 6.07 Å². The van der Waals surface area contributed by atoms with Gasteiger partial charge in [0.2, 0.25) is 0 Å². The Morgan fingerprint density at radius 1 is 1.12 bits per heavy atom. The lowest BCUT2D eigenvalue weighted by atomic mass is 9.85. The Bertz CT molecular complexity index is 356. The summed E-state index contributed by atoms with van der Waals surface area (Å²) in [7, 11) is 0. The maximum absolute atomic E-state index is 10.4. The van der Waals surface area contributed by atoms with Crippen LogP contribution in [0.25, 0.3) is 0 Å². The number of thiophene rings is 1. The summed E-state index contributed by atoms with van der Waals surface area (Å²) >= 11 is 13.4. The van der Waals surface area contributed by atoms with E-state index in [0.29, 0.717) is 14.6 Å². The van der Waals surface area contributed by atoms with Crippen LogP contribution in [0.2, 0.25) is 8.67 Å². The Balaban J connectivity index is 2.06. The molecule has 0 aliphatic heterocycles. The molecule has 2 rings (SSSR count). The summed E-state index contributed by atoms with van der Waals surface area (Å²) in [5.41, 5.74) is 0.826. The van der Waals surface area contributed by atoms with Crippen LogP contribution in [0.4, 0.5) is 0 Å². The standard InChI is InChI=1S/C13H18Cl2OS/c14-11-8-10(13(15)17-11)12(16)9-6-4-2-1-3-5-7-9/h8-9,12,16H,1-7H2. The molecular weight excluding hydrogens is 275 g/mol. The van der Waals surface area contributed by atoms with E-state index in [9.17, 15) is 5.11 Å². The van der Waals surface area contributed by atoms with Crippen molar-refractivity contribution in [2.45, 2.75) is 51.0 Å². The van der Waals surface area contributed by atoms with E-state index in [0.717, 1.165) is 18.4 Å². The van der Waals surface area contributed by atoms with E-state index in [4.69, 9.17) is 23.2 Å². The highest BCUT2D eigenvalue weighted by molar-refractivity contribution is 7.20. The van der Waals surface area contributed by atoms with E-state index >= 15 is 0 Å². The predicted molar refractivity (Wildman–Crippen MR) is 75.1 cm³/mol. The van der Waals surface area contributed by atoms with Crippen molar-refractivity contribution in [3.05, 3.63) is 20.3 Å². The first-order valence-electron chi connectivity index (χ1n) is 6.31. The Hall–Kier alpha value is 0.240. The third kappa shape index (κ3) is 3.60. The first-order valence-corrected chi connectivity index (χ1v) is 7.88. The first kappa shape index (κ1) is 13.7. The van der Waals surface area contributed by atoms with Crippen LogP contribution >= 0.6 is 34.5 Å². The molecule has 0 bridgehead atoms. The molecule has 17 heavy (non-hydrogen) atoms. The molecule has 0 spiro atoms. The number of hydrogen-bond donors (Lipinski definition) is 1. The fourth-order valence-corrected chi connectivity index (χ4v) is 4.15. The van der Waals surface area contributed by atoms with Gasteiger partial charge in [-0.15, -0.1) is 11.3 Å². The molecule has 1 atom stereocenters. The predicted octanol–water partition coefficient (Wildman–Crippen LogP) is 5.45. The van der Waals surface area contributed by atoms with E-state index in [-0.39, 0.29) is 0 Å². The van der Waals surface area contributed by atoms with Crippen LogP contribution in [0.3, 0.4) is 0 Å². The molecular formula is C13H18Cl2OS. The molecule has 1 nitrogen and oxygen atoms in total. The van der Waals surface area contributed by atoms with Crippen molar-refractivity contribution >= 4 is 34.5 Å². The summed E-state index contributed by atoms with van der Waals surface area (Å²) in [6.07, 6.45) is 8.13. The second-order valence-corrected chi connectivity index (χ2v) is 7.12. The van der Waals surface area contributed by atoms with Gasteiger partial charge in [-0.25, -0.2) is 0 Å². The second-order valence-electron chi connectivity index (χ2n) is 4.83. The summed E-state index contributed by atoms with van der Waals surface area (Å²) in [5.74, 6) is 0.346. The highest BCUT2D eigenvalue weighted by Crippen LogP contribution is 2.40. The molecule has 1 aliphatic carbocycles. The van der Waals surface area contributed by atoms with Gasteiger partial charge in [0.1, 0.15) is 4.34 Å². The summed E-state index contributed by atoms with van der Waals surface area (Å²) in [4.78, 5) is 0. The van der Waals surface area contributed by atoms with Gasteiger partial charge in [0, 0.05) is 5.56 Å². The highest BCUT2D eigenvalue weighted by Gasteiger charge is 2.24. The van der Waals surface area contributed by atoms with Crippen LogP contribution in [0.5, 0.6) is 0 Å². The van der Waals surface area contributed by atoms with Gasteiger partial charge in [-0.1, -0.05) is 55.3 Å². The van der Waals surface area contributed by atoms with Crippen LogP contribution in [0.1, 0.15) is 56.6 Å². The van der Waals surface area contributed by atoms with Gasteiger partial charge >= 0.3 is 0 Å². The van der Waals surface area contributed by atoms with Gasteiger partial charge in [0.25, 0.3) is 0 Å². The molecule has 1 aliphatic rings. The van der Waals surface area contributed by atoms with Crippen molar-refractivity contribution in [2.24, 2.45) is 5.92 Å². The Morgan fingerprint density at radius 2 is 1.71 bits per heavy atom. The summed E-state index contributed by atoms with van der Waals surface area (Å²) in [6, 6.07) is 1.82. The molecule has 4 heteroatoms. The van der Waals surface area contributed by atoms with E-state index in [2.05, 4.69) is 0 Å². The van der Waals surface area contributed by atoms with Crippen molar-refractivity contribution in [3.8, 4) is 0 Å². The van der Waals surface area contributed by atoms with Crippen molar-refractivity contribution < 1.29 is 5.11 Å². The van der Waals surface area contributed by atoms with Crippen molar-refractivity contribution in [1.29, 1.82) is 0 Å². The molecule has 0 radical (unpaired) electrons. The molecule has 1 aromatic heterocycles. The number of aliphatic hydroxyl groups is 1. The smallest absolute Gasteiger partial charge is 0.100 e. The third-order valence-electron chi connectivity index (χ3n) is 3.60. The van der Waals surface area contributed by atoms with Crippen LogP contribution in [0.15, 0.2) is 6.07 Å². The third-order valence-corrected chi connectivity index (χ3v) is 5.12. The number of halogens is 2. The zero-order chi connectivity index (χ0) is 12.3. The van der Waals surface area contributed by atoms with Crippen LogP contribution < -0.4 is 0 Å². The highest BCUT2D eigenvalue weighted by atomic mass is 35.5. The normalized spacial score (nSPS) is 20.9. The molecule has 1 unspecified atom stereocenters. The zero-order valence-electron chi connectivity index (χ0n) is 9.79. The maximum Gasteiger partial charge on any atom is 0.100 e. The first-order chi connectivity index (χ1) is 8.18. The molecule has 0 aromatic carbocycles. The van der Waals surface area contributed by atoms with Crippen molar-refractivity contribution in [1.82, 2.24) is 0 Å². The van der Waals surface area contributed by atoms with Crippen LogP contribution in [0, 0.1) is 5.92 Å². The lowest BCUT2D eigenvalue weighted by molar-refractivity contribution is 0.0917. The minimum Gasteiger partial charge on any atom is -0.388 e. The monoisotopic (exact) mass is 292 g/mol. The largest absolute Gasteiger partial charge is 0.388 e. The fraction of sp³-hybridized carbons (Fsp3) is 0.692. The lowest BCUT2D eigenvalue weighted by Crippen LogP contribution is -2.14. The summed E-state index contributed by atoms with van der Waals surface area (Å²) < 4.78 is 1.31. The molecule has 1 fully saturated rings. The molecule has 1 N–H and O–H groups in total. The van der Waals surface area contributed by atoms with Crippen molar-refractivity contribution in [2.75, 3.05) is 0 Å². The maximum atomic E-state index is 10.4. The molecule has 96 valence electrons. The minimum absolute atomic E-state index is 0.346.